The van der Waals surface area contributed by atoms with Gasteiger partial charge in [0.1, 0.15) is 0 Å². The van der Waals surface area contributed by atoms with Gasteiger partial charge in [-0.25, -0.2) is 0 Å². The molecule has 0 atom stereocenters. The summed E-state index contributed by atoms with van der Waals surface area (Å²) >= 11 is 12.1. The predicted molar refractivity (Wildman–Crippen MR) is 83.2 cm³/mol. The molecule has 0 fully saturated rings. The molecule has 0 heterocycles. The van der Waals surface area contributed by atoms with Crippen molar-refractivity contribution in [2.75, 3.05) is 5.32 Å². The first kappa shape index (κ1) is 14.5. The number of carbonyl (C=O) groups excluding carboxylic acids is 1. The zero-order valence-electron chi connectivity index (χ0n) is 10.5. The van der Waals surface area contributed by atoms with Crippen LogP contribution in [0.25, 0.3) is 0 Å². The smallest absolute Gasteiger partial charge is 0.228 e. The molecule has 0 unspecified atom stereocenters. The third-order valence-electron chi connectivity index (χ3n) is 2.71. The van der Waals surface area contributed by atoms with E-state index in [0.29, 0.717) is 26.9 Å². The van der Waals surface area contributed by atoms with Crippen molar-refractivity contribution in [3.05, 3.63) is 63.6 Å². The van der Waals surface area contributed by atoms with Gasteiger partial charge in [-0.3, -0.25) is 4.79 Å². The molecule has 0 radical (unpaired) electrons. The minimum Gasteiger partial charge on any atom is -0.326 e. The molecule has 0 aliphatic rings. The van der Waals surface area contributed by atoms with E-state index in [0.717, 1.165) is 0 Å². The fourth-order valence-electron chi connectivity index (χ4n) is 1.75. The second-order valence-corrected chi connectivity index (χ2v) is 4.96. The molecule has 2 nitrogen and oxygen atoms in total. The van der Waals surface area contributed by atoms with Crippen LogP contribution in [0.3, 0.4) is 0 Å². The average molecular weight is 304 g/mol. The molecule has 0 aliphatic heterocycles. The zero-order chi connectivity index (χ0) is 14.5. The van der Waals surface area contributed by atoms with Crippen molar-refractivity contribution >= 4 is 34.8 Å². The standard InChI is InChI=1S/C16H11Cl2NO/c1-2-11-5-3-6-12(9-11)19-16(20)10-13-14(17)7-4-8-15(13)18/h1,3-9H,10H2,(H,19,20). The Balaban J connectivity index is 2.11. The number of rotatable bonds is 3. The molecule has 20 heavy (non-hydrogen) atoms. The van der Waals surface area contributed by atoms with Gasteiger partial charge < -0.3 is 5.32 Å². The molecule has 0 bridgehead atoms. The van der Waals surface area contributed by atoms with Crippen LogP contribution >= 0.6 is 23.2 Å². The molecule has 1 amide bonds. The summed E-state index contributed by atoms with van der Waals surface area (Å²) in [5.41, 5.74) is 1.97. The van der Waals surface area contributed by atoms with E-state index in [-0.39, 0.29) is 12.3 Å². The van der Waals surface area contributed by atoms with E-state index in [1.165, 1.54) is 0 Å². The Morgan fingerprint density at radius 2 is 1.80 bits per heavy atom. The lowest BCUT2D eigenvalue weighted by Gasteiger charge is -2.08. The number of amides is 1. The third-order valence-corrected chi connectivity index (χ3v) is 3.42. The third kappa shape index (κ3) is 3.54. The van der Waals surface area contributed by atoms with Gasteiger partial charge in [0.05, 0.1) is 6.42 Å². The van der Waals surface area contributed by atoms with Crippen LogP contribution < -0.4 is 5.32 Å². The first-order valence-electron chi connectivity index (χ1n) is 5.89. The number of hydrogen-bond acceptors (Lipinski definition) is 1. The van der Waals surface area contributed by atoms with Crippen LogP contribution in [0.1, 0.15) is 11.1 Å². The van der Waals surface area contributed by atoms with Crippen LogP contribution in [0.15, 0.2) is 42.5 Å². The van der Waals surface area contributed by atoms with E-state index < -0.39 is 0 Å². The fourth-order valence-corrected chi connectivity index (χ4v) is 2.28. The predicted octanol–water partition coefficient (Wildman–Crippen LogP) is 4.16. The van der Waals surface area contributed by atoms with E-state index in [1.807, 2.05) is 0 Å². The number of halogens is 2. The maximum atomic E-state index is 12.0. The molecule has 2 rings (SSSR count). The Bertz CT molecular complexity index is 669. The zero-order valence-corrected chi connectivity index (χ0v) is 12.0. The molecule has 2 aromatic rings. The topological polar surface area (TPSA) is 29.1 Å². The largest absolute Gasteiger partial charge is 0.326 e. The van der Waals surface area contributed by atoms with Gasteiger partial charge in [0.2, 0.25) is 5.91 Å². The number of anilines is 1. The van der Waals surface area contributed by atoms with E-state index in [2.05, 4.69) is 11.2 Å². The highest BCUT2D eigenvalue weighted by atomic mass is 35.5. The van der Waals surface area contributed by atoms with E-state index in [4.69, 9.17) is 29.6 Å². The molecule has 4 heteroatoms. The molecule has 0 saturated heterocycles. The van der Waals surface area contributed by atoms with Crippen LogP contribution in [-0.2, 0) is 11.2 Å². The number of benzene rings is 2. The van der Waals surface area contributed by atoms with Crippen LogP contribution in [-0.4, -0.2) is 5.91 Å². The summed E-state index contributed by atoms with van der Waals surface area (Å²) in [4.78, 5) is 12.0. The van der Waals surface area contributed by atoms with E-state index in [9.17, 15) is 4.79 Å². The van der Waals surface area contributed by atoms with Crippen molar-refractivity contribution in [1.82, 2.24) is 0 Å². The summed E-state index contributed by atoms with van der Waals surface area (Å²) in [6.45, 7) is 0. The van der Waals surface area contributed by atoms with Gasteiger partial charge in [-0.05, 0) is 35.9 Å². The Labute approximate surface area is 127 Å². The van der Waals surface area contributed by atoms with Crippen molar-refractivity contribution in [2.45, 2.75) is 6.42 Å². The Morgan fingerprint density at radius 1 is 1.15 bits per heavy atom. The van der Waals surface area contributed by atoms with Crippen molar-refractivity contribution in [1.29, 1.82) is 0 Å². The van der Waals surface area contributed by atoms with E-state index >= 15 is 0 Å². The van der Waals surface area contributed by atoms with Crippen molar-refractivity contribution in [2.24, 2.45) is 0 Å². The minimum absolute atomic E-state index is 0.110. The first-order chi connectivity index (χ1) is 9.60. The van der Waals surface area contributed by atoms with Gasteiger partial charge >= 0.3 is 0 Å². The SMILES string of the molecule is C#Cc1cccc(NC(=O)Cc2c(Cl)cccc2Cl)c1. The summed E-state index contributed by atoms with van der Waals surface area (Å²) in [5, 5.41) is 3.72. The second kappa shape index (κ2) is 6.47. The molecular formula is C16H11Cl2NO. The monoisotopic (exact) mass is 303 g/mol. The molecule has 100 valence electrons. The summed E-state index contributed by atoms with van der Waals surface area (Å²) < 4.78 is 0. The highest BCUT2D eigenvalue weighted by Gasteiger charge is 2.11. The second-order valence-electron chi connectivity index (χ2n) is 4.15. The van der Waals surface area contributed by atoms with Crippen molar-refractivity contribution in [3.8, 4) is 12.3 Å². The van der Waals surface area contributed by atoms with Crippen molar-refractivity contribution in [3.63, 3.8) is 0 Å². The summed E-state index contributed by atoms with van der Waals surface area (Å²) in [7, 11) is 0. The molecular weight excluding hydrogens is 293 g/mol. The van der Waals surface area contributed by atoms with Crippen LogP contribution in [0.5, 0.6) is 0 Å². The first-order valence-corrected chi connectivity index (χ1v) is 6.65. The number of hydrogen-bond donors (Lipinski definition) is 1. The summed E-state index contributed by atoms with van der Waals surface area (Å²) in [6.07, 6.45) is 5.43. The Morgan fingerprint density at radius 3 is 2.45 bits per heavy atom. The van der Waals surface area contributed by atoms with E-state index in [1.54, 1.807) is 42.5 Å². The summed E-state index contributed by atoms with van der Waals surface area (Å²) in [6, 6.07) is 12.2. The van der Waals surface area contributed by atoms with Crippen LogP contribution in [0.2, 0.25) is 10.0 Å². The quantitative estimate of drug-likeness (QED) is 0.848. The molecule has 2 aromatic carbocycles. The average Bonchev–Trinajstić information content (AvgIpc) is 2.43. The van der Waals surface area contributed by atoms with Gasteiger partial charge in [-0.2, -0.15) is 0 Å². The normalized spacial score (nSPS) is 9.85. The number of nitrogens with one attached hydrogen (secondary N) is 1. The van der Waals surface area contributed by atoms with Crippen molar-refractivity contribution < 1.29 is 4.79 Å². The van der Waals surface area contributed by atoms with Gasteiger partial charge in [0, 0.05) is 21.3 Å². The number of terminal acetylenes is 1. The lowest BCUT2D eigenvalue weighted by molar-refractivity contribution is -0.115. The van der Waals surface area contributed by atoms with Gasteiger partial charge in [0.25, 0.3) is 0 Å². The van der Waals surface area contributed by atoms with Gasteiger partial charge in [-0.1, -0.05) is 41.3 Å². The molecule has 0 spiro atoms. The van der Waals surface area contributed by atoms with Gasteiger partial charge in [-0.15, -0.1) is 6.42 Å². The molecule has 1 N–H and O–H groups in total. The maximum absolute atomic E-state index is 12.0. The summed E-state index contributed by atoms with van der Waals surface area (Å²) in [5.74, 6) is 2.32. The molecule has 0 saturated carbocycles. The lowest BCUT2D eigenvalue weighted by Crippen LogP contribution is -2.15. The maximum Gasteiger partial charge on any atom is 0.228 e. The number of carbonyl (C=O) groups is 1. The highest BCUT2D eigenvalue weighted by molar-refractivity contribution is 6.36. The Hall–Kier alpha value is -1.95. The lowest BCUT2D eigenvalue weighted by atomic mass is 10.1. The van der Waals surface area contributed by atoms with Crippen LogP contribution in [0, 0.1) is 12.3 Å². The fraction of sp³-hybridized carbons (Fsp3) is 0.0625. The van der Waals surface area contributed by atoms with Crippen LogP contribution in [0.4, 0.5) is 5.69 Å². The molecule has 0 aromatic heterocycles. The Kier molecular flexibility index (Phi) is 4.68. The van der Waals surface area contributed by atoms with Gasteiger partial charge in [0.15, 0.2) is 0 Å². The molecule has 0 aliphatic carbocycles. The minimum atomic E-state index is -0.200. The highest BCUT2D eigenvalue weighted by Crippen LogP contribution is 2.25.